The Labute approximate surface area is 134 Å². The number of nitrogens with one attached hydrogen (secondary N) is 2. The van der Waals surface area contributed by atoms with Gasteiger partial charge in [-0.15, -0.1) is 0 Å². The van der Waals surface area contributed by atoms with Gasteiger partial charge in [-0.2, -0.15) is 0 Å². The van der Waals surface area contributed by atoms with Gasteiger partial charge in [0.1, 0.15) is 0 Å². The molecule has 1 aliphatic rings. The summed E-state index contributed by atoms with van der Waals surface area (Å²) in [4.78, 5) is 23.5. The van der Waals surface area contributed by atoms with Crippen LogP contribution in [-0.4, -0.2) is 37.1 Å². The van der Waals surface area contributed by atoms with Crippen LogP contribution in [-0.2, 0) is 14.3 Å². The van der Waals surface area contributed by atoms with E-state index >= 15 is 0 Å². The Balaban J connectivity index is 2.02. The van der Waals surface area contributed by atoms with Crippen molar-refractivity contribution < 1.29 is 14.3 Å². The molecular weight excluding hydrogens is 280 g/mol. The van der Waals surface area contributed by atoms with E-state index < -0.39 is 0 Å². The molecule has 2 amide bonds. The normalized spacial score (nSPS) is 18.9. The molecule has 1 heterocycles. The molecule has 0 saturated carbocycles. The fourth-order valence-corrected chi connectivity index (χ4v) is 2.64. The van der Waals surface area contributed by atoms with Gasteiger partial charge in [-0.3, -0.25) is 9.59 Å². The number of ether oxygens (including phenoxy) is 1. The van der Waals surface area contributed by atoms with Crippen LogP contribution in [0, 0.1) is 0 Å². The first-order chi connectivity index (χ1) is 10.6. The summed E-state index contributed by atoms with van der Waals surface area (Å²) in [6.07, 6.45) is 8.61. The van der Waals surface area contributed by atoms with Gasteiger partial charge in [-0.1, -0.05) is 32.6 Å². The number of hydrogen-bond donors (Lipinski definition) is 2. The highest BCUT2D eigenvalue weighted by Crippen LogP contribution is 2.10. The SMILES string of the molecule is CCCCCCC(C)NC(=O)CCC(=O)NCC1CCCO1. The van der Waals surface area contributed by atoms with Crippen LogP contribution in [0.15, 0.2) is 0 Å². The highest BCUT2D eigenvalue weighted by atomic mass is 16.5. The van der Waals surface area contributed by atoms with E-state index in [4.69, 9.17) is 4.74 Å². The smallest absolute Gasteiger partial charge is 0.220 e. The van der Waals surface area contributed by atoms with Gasteiger partial charge in [0.05, 0.1) is 6.10 Å². The first-order valence-corrected chi connectivity index (χ1v) is 8.79. The number of hydrogen-bond acceptors (Lipinski definition) is 3. The Morgan fingerprint density at radius 2 is 1.95 bits per heavy atom. The summed E-state index contributed by atoms with van der Waals surface area (Å²) in [6, 6.07) is 0.194. The fourth-order valence-electron chi connectivity index (χ4n) is 2.64. The lowest BCUT2D eigenvalue weighted by Gasteiger charge is -2.14. The van der Waals surface area contributed by atoms with Crippen molar-refractivity contribution >= 4 is 11.8 Å². The van der Waals surface area contributed by atoms with Crippen molar-refractivity contribution in [1.29, 1.82) is 0 Å². The van der Waals surface area contributed by atoms with Crippen molar-refractivity contribution in [3.8, 4) is 0 Å². The summed E-state index contributed by atoms with van der Waals surface area (Å²) in [5.41, 5.74) is 0. The molecular formula is C17H32N2O3. The standard InChI is InChI=1S/C17H32N2O3/c1-3-4-5-6-8-14(2)19-17(21)11-10-16(20)18-13-15-9-7-12-22-15/h14-15H,3-13H2,1-2H3,(H,18,20)(H,19,21). The van der Waals surface area contributed by atoms with Gasteiger partial charge in [-0.05, 0) is 26.2 Å². The second kappa shape index (κ2) is 11.5. The van der Waals surface area contributed by atoms with Crippen LogP contribution < -0.4 is 10.6 Å². The molecule has 22 heavy (non-hydrogen) atoms. The molecule has 5 heteroatoms. The molecule has 0 aliphatic carbocycles. The lowest BCUT2D eigenvalue weighted by Crippen LogP contribution is -2.35. The molecule has 1 rings (SSSR count). The number of rotatable bonds is 11. The average molecular weight is 312 g/mol. The Hall–Kier alpha value is -1.10. The van der Waals surface area contributed by atoms with Gasteiger partial charge in [0, 0.05) is 32.0 Å². The Bertz CT molecular complexity index is 328. The van der Waals surface area contributed by atoms with Gasteiger partial charge in [0.2, 0.25) is 11.8 Å². The van der Waals surface area contributed by atoms with Gasteiger partial charge >= 0.3 is 0 Å². The minimum absolute atomic E-state index is 0.0322. The van der Waals surface area contributed by atoms with E-state index in [2.05, 4.69) is 17.6 Å². The number of carbonyl (C=O) groups excluding carboxylic acids is 2. The molecule has 0 aromatic carbocycles. The van der Waals surface area contributed by atoms with Crippen molar-refractivity contribution in [3.05, 3.63) is 0 Å². The van der Waals surface area contributed by atoms with Crippen LogP contribution in [0.25, 0.3) is 0 Å². The number of amides is 2. The van der Waals surface area contributed by atoms with Crippen molar-refractivity contribution in [1.82, 2.24) is 10.6 Å². The van der Waals surface area contributed by atoms with Crippen LogP contribution in [0.1, 0.15) is 71.6 Å². The average Bonchev–Trinajstić information content (AvgIpc) is 3.01. The quantitative estimate of drug-likeness (QED) is 0.576. The van der Waals surface area contributed by atoms with E-state index in [9.17, 15) is 9.59 Å². The third-order valence-electron chi connectivity index (χ3n) is 4.03. The molecule has 0 aromatic rings. The van der Waals surface area contributed by atoms with Crippen LogP contribution in [0.5, 0.6) is 0 Å². The largest absolute Gasteiger partial charge is 0.376 e. The molecule has 0 aromatic heterocycles. The monoisotopic (exact) mass is 312 g/mol. The minimum Gasteiger partial charge on any atom is -0.376 e. The van der Waals surface area contributed by atoms with Crippen molar-refractivity contribution in [2.45, 2.75) is 83.8 Å². The maximum absolute atomic E-state index is 11.8. The molecule has 2 atom stereocenters. The molecule has 0 radical (unpaired) electrons. The van der Waals surface area contributed by atoms with Crippen LogP contribution >= 0.6 is 0 Å². The maximum atomic E-state index is 11.8. The summed E-state index contributed by atoms with van der Waals surface area (Å²) in [5.74, 6) is -0.100. The zero-order valence-electron chi connectivity index (χ0n) is 14.2. The second-order valence-corrected chi connectivity index (χ2v) is 6.26. The predicted octanol–water partition coefficient (Wildman–Crippen LogP) is 2.54. The molecule has 1 fully saturated rings. The zero-order chi connectivity index (χ0) is 16.2. The fraction of sp³-hybridized carbons (Fsp3) is 0.882. The van der Waals surface area contributed by atoms with E-state index in [1.807, 2.05) is 6.92 Å². The molecule has 2 N–H and O–H groups in total. The highest BCUT2D eigenvalue weighted by molar-refractivity contribution is 5.83. The van der Waals surface area contributed by atoms with E-state index in [1.54, 1.807) is 0 Å². The summed E-state index contributed by atoms with van der Waals surface area (Å²) in [6.45, 7) is 5.57. The van der Waals surface area contributed by atoms with E-state index in [0.29, 0.717) is 6.54 Å². The molecule has 0 spiro atoms. The number of unbranched alkanes of at least 4 members (excludes halogenated alkanes) is 3. The van der Waals surface area contributed by atoms with E-state index in [1.165, 1.54) is 19.3 Å². The van der Waals surface area contributed by atoms with Crippen LogP contribution in [0.3, 0.4) is 0 Å². The topological polar surface area (TPSA) is 67.4 Å². The van der Waals surface area contributed by atoms with Crippen LogP contribution in [0.2, 0.25) is 0 Å². The van der Waals surface area contributed by atoms with Gasteiger partial charge in [0.15, 0.2) is 0 Å². The Kier molecular flexibility index (Phi) is 9.87. The third-order valence-corrected chi connectivity index (χ3v) is 4.03. The zero-order valence-corrected chi connectivity index (χ0v) is 14.2. The molecule has 1 aliphatic heterocycles. The maximum Gasteiger partial charge on any atom is 0.220 e. The van der Waals surface area contributed by atoms with Crippen molar-refractivity contribution in [3.63, 3.8) is 0 Å². The summed E-state index contributed by atoms with van der Waals surface area (Å²) in [5, 5.41) is 5.80. The molecule has 5 nitrogen and oxygen atoms in total. The Morgan fingerprint density at radius 1 is 1.18 bits per heavy atom. The first kappa shape index (κ1) is 18.9. The van der Waals surface area contributed by atoms with Gasteiger partial charge in [-0.25, -0.2) is 0 Å². The summed E-state index contributed by atoms with van der Waals surface area (Å²) < 4.78 is 5.44. The number of carbonyl (C=O) groups is 2. The molecule has 128 valence electrons. The first-order valence-electron chi connectivity index (χ1n) is 8.79. The highest BCUT2D eigenvalue weighted by Gasteiger charge is 2.16. The lowest BCUT2D eigenvalue weighted by molar-refractivity contribution is -0.127. The van der Waals surface area contributed by atoms with E-state index in [-0.39, 0.29) is 36.8 Å². The van der Waals surface area contributed by atoms with Crippen LogP contribution in [0.4, 0.5) is 0 Å². The summed E-state index contributed by atoms with van der Waals surface area (Å²) >= 11 is 0. The third kappa shape index (κ3) is 9.03. The van der Waals surface area contributed by atoms with Gasteiger partial charge < -0.3 is 15.4 Å². The molecule has 0 bridgehead atoms. The minimum atomic E-state index is -0.0683. The second-order valence-electron chi connectivity index (χ2n) is 6.26. The molecule has 2 unspecified atom stereocenters. The van der Waals surface area contributed by atoms with Gasteiger partial charge in [0.25, 0.3) is 0 Å². The van der Waals surface area contributed by atoms with E-state index in [0.717, 1.165) is 32.3 Å². The summed E-state index contributed by atoms with van der Waals surface area (Å²) in [7, 11) is 0. The lowest BCUT2D eigenvalue weighted by atomic mass is 10.1. The molecule has 1 saturated heterocycles. The Morgan fingerprint density at radius 3 is 2.64 bits per heavy atom. The predicted molar refractivity (Wildman–Crippen MR) is 87.6 cm³/mol. The van der Waals surface area contributed by atoms with Crippen molar-refractivity contribution in [2.24, 2.45) is 0 Å². The van der Waals surface area contributed by atoms with Crippen molar-refractivity contribution in [2.75, 3.05) is 13.2 Å².